The zero-order valence-electron chi connectivity index (χ0n) is 13.9. The summed E-state index contributed by atoms with van der Waals surface area (Å²) >= 11 is 7.59. The Hall–Kier alpha value is -2.38. The molecular formula is C17H16ClN3O3S. The fourth-order valence-corrected chi connectivity index (χ4v) is 3.70. The number of nitrogens with zero attached hydrogens (tertiary/aromatic N) is 2. The van der Waals surface area contributed by atoms with E-state index in [9.17, 15) is 9.59 Å². The second-order valence-corrected chi connectivity index (χ2v) is 6.62. The van der Waals surface area contributed by atoms with Gasteiger partial charge in [-0.3, -0.25) is 9.20 Å². The van der Waals surface area contributed by atoms with Crippen molar-refractivity contribution in [2.75, 3.05) is 6.61 Å². The highest BCUT2D eigenvalue weighted by Crippen LogP contribution is 2.24. The van der Waals surface area contributed by atoms with Crippen molar-refractivity contribution < 1.29 is 14.3 Å². The van der Waals surface area contributed by atoms with Crippen molar-refractivity contribution >= 4 is 45.7 Å². The number of H-pyrrole nitrogens is 1. The van der Waals surface area contributed by atoms with E-state index in [2.05, 4.69) is 9.97 Å². The summed E-state index contributed by atoms with van der Waals surface area (Å²) in [5.74, 6) is -0.687. The lowest BCUT2D eigenvalue weighted by Crippen LogP contribution is -2.07. The molecule has 8 heteroatoms. The number of halogens is 1. The van der Waals surface area contributed by atoms with Crippen LogP contribution in [0.15, 0.2) is 17.7 Å². The average molecular weight is 378 g/mol. The van der Waals surface area contributed by atoms with Crippen LogP contribution >= 0.6 is 22.9 Å². The highest BCUT2D eigenvalue weighted by molar-refractivity contribution is 7.15. The third-order valence-electron chi connectivity index (χ3n) is 3.81. The van der Waals surface area contributed by atoms with Crippen LogP contribution in [0.5, 0.6) is 0 Å². The number of carbonyl (C=O) groups is 2. The normalized spacial score (nSPS) is 11.5. The minimum absolute atomic E-state index is 0.219. The quantitative estimate of drug-likeness (QED) is 0.413. The van der Waals surface area contributed by atoms with Crippen LogP contribution in [0.1, 0.15) is 44.7 Å². The van der Waals surface area contributed by atoms with Crippen LogP contribution in [0.25, 0.3) is 11.0 Å². The largest absolute Gasteiger partial charge is 0.461 e. The molecule has 3 heterocycles. The van der Waals surface area contributed by atoms with Crippen LogP contribution in [0.3, 0.4) is 0 Å². The molecule has 0 aliphatic heterocycles. The lowest BCUT2D eigenvalue weighted by Gasteiger charge is -2.00. The average Bonchev–Trinajstić information content (AvgIpc) is 3.19. The first-order valence-corrected chi connectivity index (χ1v) is 8.89. The zero-order valence-corrected chi connectivity index (χ0v) is 15.5. The molecule has 0 amide bonds. The first-order chi connectivity index (χ1) is 11.9. The molecule has 3 rings (SSSR count). The number of ether oxygens (including phenoxy) is 1. The van der Waals surface area contributed by atoms with Crippen molar-refractivity contribution in [3.05, 3.63) is 51.0 Å². The van der Waals surface area contributed by atoms with Gasteiger partial charge in [0.05, 0.1) is 12.3 Å². The van der Waals surface area contributed by atoms with Crippen LogP contribution < -0.4 is 0 Å². The SMILES string of the molecule is CCOC(=O)c1[nH]c(C)c(C(=O)/C=C/c2c(Cl)nc3sccn23)c1C. The van der Waals surface area contributed by atoms with Crippen molar-refractivity contribution in [1.29, 1.82) is 0 Å². The summed E-state index contributed by atoms with van der Waals surface area (Å²) in [6, 6.07) is 0. The van der Waals surface area contributed by atoms with E-state index in [1.807, 2.05) is 16.0 Å². The van der Waals surface area contributed by atoms with E-state index in [4.69, 9.17) is 16.3 Å². The second-order valence-electron chi connectivity index (χ2n) is 5.39. The number of aromatic amines is 1. The van der Waals surface area contributed by atoms with Gasteiger partial charge in [-0.05, 0) is 38.5 Å². The Morgan fingerprint density at radius 2 is 2.20 bits per heavy atom. The Morgan fingerprint density at radius 3 is 2.92 bits per heavy atom. The predicted octanol–water partition coefficient (Wildman–Crippen LogP) is 4.07. The van der Waals surface area contributed by atoms with Gasteiger partial charge in [-0.1, -0.05) is 11.6 Å². The summed E-state index contributed by atoms with van der Waals surface area (Å²) in [5, 5.41) is 2.23. The highest BCUT2D eigenvalue weighted by atomic mass is 35.5. The molecule has 0 fully saturated rings. The van der Waals surface area contributed by atoms with Gasteiger partial charge in [0, 0.05) is 22.8 Å². The molecule has 0 bridgehead atoms. The summed E-state index contributed by atoms with van der Waals surface area (Å²) < 4.78 is 6.82. The standard InChI is InChI=1S/C17H16ClN3O3S/c1-4-24-16(23)14-9(2)13(10(3)19-14)12(22)6-5-11-15(18)20-17-21(11)7-8-25-17/h5-8,19H,4H2,1-3H3/b6-5+. The van der Waals surface area contributed by atoms with E-state index in [1.165, 1.54) is 17.4 Å². The Bertz CT molecular complexity index is 997. The Labute approximate surface area is 153 Å². The van der Waals surface area contributed by atoms with Crippen molar-refractivity contribution in [2.24, 2.45) is 0 Å². The van der Waals surface area contributed by atoms with Gasteiger partial charge in [0.25, 0.3) is 0 Å². The van der Waals surface area contributed by atoms with E-state index in [0.29, 0.717) is 33.4 Å². The smallest absolute Gasteiger partial charge is 0.355 e. The van der Waals surface area contributed by atoms with E-state index in [1.54, 1.807) is 26.8 Å². The first-order valence-electron chi connectivity index (χ1n) is 7.63. The van der Waals surface area contributed by atoms with Gasteiger partial charge >= 0.3 is 5.97 Å². The molecule has 0 saturated heterocycles. The number of hydrogen-bond acceptors (Lipinski definition) is 5. The number of ketones is 1. The fourth-order valence-electron chi connectivity index (χ4n) is 2.69. The lowest BCUT2D eigenvalue weighted by atomic mass is 10.1. The van der Waals surface area contributed by atoms with Crippen LogP contribution in [0, 0.1) is 13.8 Å². The minimum Gasteiger partial charge on any atom is -0.461 e. The van der Waals surface area contributed by atoms with E-state index in [0.717, 1.165) is 4.96 Å². The Balaban J connectivity index is 1.92. The summed E-state index contributed by atoms with van der Waals surface area (Å²) in [6.45, 7) is 5.48. The number of hydrogen-bond donors (Lipinski definition) is 1. The monoisotopic (exact) mass is 377 g/mol. The number of aromatic nitrogens is 3. The highest BCUT2D eigenvalue weighted by Gasteiger charge is 2.21. The lowest BCUT2D eigenvalue weighted by molar-refractivity contribution is 0.0519. The Morgan fingerprint density at radius 1 is 1.44 bits per heavy atom. The molecule has 0 aliphatic rings. The molecule has 0 aliphatic carbocycles. The molecule has 130 valence electrons. The minimum atomic E-state index is -0.468. The summed E-state index contributed by atoms with van der Waals surface area (Å²) in [6.07, 6.45) is 4.91. The molecule has 1 N–H and O–H groups in total. The van der Waals surface area contributed by atoms with Crippen LogP contribution in [-0.4, -0.2) is 32.7 Å². The van der Waals surface area contributed by atoms with Gasteiger partial charge in [0.2, 0.25) is 0 Å². The first kappa shape index (κ1) is 17.4. The van der Waals surface area contributed by atoms with Gasteiger partial charge in [-0.15, -0.1) is 11.3 Å². The number of esters is 1. The van der Waals surface area contributed by atoms with Crippen molar-refractivity contribution in [1.82, 2.24) is 14.4 Å². The van der Waals surface area contributed by atoms with E-state index >= 15 is 0 Å². The molecule has 0 aromatic carbocycles. The van der Waals surface area contributed by atoms with Crippen molar-refractivity contribution in [3.63, 3.8) is 0 Å². The molecular weight excluding hydrogens is 362 g/mol. The molecule has 6 nitrogen and oxygen atoms in total. The van der Waals surface area contributed by atoms with Gasteiger partial charge in [0.15, 0.2) is 15.9 Å². The van der Waals surface area contributed by atoms with E-state index in [-0.39, 0.29) is 12.4 Å². The van der Waals surface area contributed by atoms with Crippen LogP contribution in [0.4, 0.5) is 0 Å². The second kappa shape index (κ2) is 6.85. The zero-order chi connectivity index (χ0) is 18.1. The topological polar surface area (TPSA) is 76.5 Å². The maximum Gasteiger partial charge on any atom is 0.355 e. The molecule has 0 atom stereocenters. The maximum atomic E-state index is 12.6. The number of carbonyl (C=O) groups excluding carboxylic acids is 2. The number of rotatable bonds is 5. The molecule has 0 saturated carbocycles. The third kappa shape index (κ3) is 3.12. The number of fused-ring (bicyclic) bond motifs is 1. The Kier molecular flexibility index (Phi) is 4.78. The van der Waals surface area contributed by atoms with Gasteiger partial charge < -0.3 is 9.72 Å². The number of nitrogens with one attached hydrogen (secondary N) is 1. The van der Waals surface area contributed by atoms with Crippen molar-refractivity contribution in [3.8, 4) is 0 Å². The van der Waals surface area contributed by atoms with Crippen molar-refractivity contribution in [2.45, 2.75) is 20.8 Å². The number of imidazole rings is 1. The summed E-state index contributed by atoms with van der Waals surface area (Å²) in [4.78, 5) is 32.5. The molecule has 25 heavy (non-hydrogen) atoms. The molecule has 3 aromatic heterocycles. The maximum absolute atomic E-state index is 12.6. The van der Waals surface area contributed by atoms with Gasteiger partial charge in [-0.25, -0.2) is 9.78 Å². The molecule has 3 aromatic rings. The summed E-state index contributed by atoms with van der Waals surface area (Å²) in [5.41, 5.74) is 2.60. The summed E-state index contributed by atoms with van der Waals surface area (Å²) in [7, 11) is 0. The van der Waals surface area contributed by atoms with E-state index < -0.39 is 5.97 Å². The van der Waals surface area contributed by atoms with Gasteiger partial charge in [-0.2, -0.15) is 0 Å². The fraction of sp³-hybridized carbons (Fsp3) is 0.235. The number of thiazole rings is 1. The molecule has 0 spiro atoms. The van der Waals surface area contributed by atoms with Crippen LogP contribution in [0.2, 0.25) is 5.15 Å². The number of allylic oxidation sites excluding steroid dienone is 1. The van der Waals surface area contributed by atoms with Gasteiger partial charge in [0.1, 0.15) is 5.69 Å². The molecule has 0 radical (unpaired) electrons. The predicted molar refractivity (Wildman–Crippen MR) is 97.7 cm³/mol. The number of aryl methyl sites for hydroxylation is 1. The third-order valence-corrected chi connectivity index (χ3v) is 4.84. The molecule has 0 unspecified atom stereocenters. The van der Waals surface area contributed by atoms with Crippen LogP contribution in [-0.2, 0) is 4.74 Å².